The number of alkyl carbamates (subject to hydrolysis) is 1. The Balaban J connectivity index is 1.84. The molecule has 1 aliphatic heterocycles. The van der Waals surface area contributed by atoms with Crippen LogP contribution < -0.4 is 16.0 Å². The number of nitrogens with one attached hydrogen (secondary N) is 1. The van der Waals surface area contributed by atoms with E-state index in [1.54, 1.807) is 0 Å². The van der Waals surface area contributed by atoms with Crippen molar-refractivity contribution in [1.82, 2.24) is 5.32 Å². The highest BCUT2D eigenvalue weighted by Gasteiger charge is 2.19. The molecule has 0 spiro atoms. The van der Waals surface area contributed by atoms with E-state index < -0.39 is 11.7 Å². The minimum atomic E-state index is -0.487. The van der Waals surface area contributed by atoms with Crippen LogP contribution in [0.15, 0.2) is 18.2 Å². The van der Waals surface area contributed by atoms with Crippen molar-refractivity contribution in [3.05, 3.63) is 29.3 Å². The highest BCUT2D eigenvalue weighted by Crippen LogP contribution is 2.28. The zero-order valence-electron chi connectivity index (χ0n) is 14.7. The van der Waals surface area contributed by atoms with E-state index in [0.29, 0.717) is 6.54 Å². The number of likely N-dealkylation sites (N-methyl/N-ethyl adjacent to an activating group) is 1. The molecule has 0 saturated heterocycles. The first kappa shape index (κ1) is 17.6. The van der Waals surface area contributed by atoms with E-state index in [2.05, 4.69) is 35.3 Å². The first-order valence-electron chi connectivity index (χ1n) is 8.37. The fourth-order valence-corrected chi connectivity index (χ4v) is 2.88. The number of ether oxygens (including phenoxy) is 1. The Morgan fingerprint density at radius 3 is 2.83 bits per heavy atom. The summed E-state index contributed by atoms with van der Waals surface area (Å²) in [5.41, 5.74) is 9.62. The monoisotopic (exact) mass is 319 g/mol. The Hall–Kier alpha value is -1.75. The Morgan fingerprint density at radius 1 is 1.43 bits per heavy atom. The molecule has 3 N–H and O–H groups in total. The molecular formula is C18H29N3O2. The maximum absolute atomic E-state index is 11.6. The molecule has 128 valence electrons. The van der Waals surface area contributed by atoms with E-state index in [1.165, 1.54) is 16.8 Å². The van der Waals surface area contributed by atoms with Crippen molar-refractivity contribution < 1.29 is 9.53 Å². The first-order valence-corrected chi connectivity index (χ1v) is 8.37. The van der Waals surface area contributed by atoms with Crippen molar-refractivity contribution in [2.45, 2.75) is 52.2 Å². The van der Waals surface area contributed by atoms with Gasteiger partial charge in [0.15, 0.2) is 0 Å². The van der Waals surface area contributed by atoms with Crippen LogP contribution in [-0.2, 0) is 17.6 Å². The summed E-state index contributed by atoms with van der Waals surface area (Å²) < 4.78 is 5.21. The van der Waals surface area contributed by atoms with Gasteiger partial charge >= 0.3 is 6.09 Å². The lowest BCUT2D eigenvalue weighted by atomic mass is 10.0. The maximum Gasteiger partial charge on any atom is 0.407 e. The molecule has 0 radical (unpaired) electrons. The Morgan fingerprint density at radius 2 is 2.17 bits per heavy atom. The smallest absolute Gasteiger partial charge is 0.407 e. The fraction of sp³-hybridized carbons (Fsp3) is 0.611. The summed E-state index contributed by atoms with van der Waals surface area (Å²) in [6.45, 7) is 10.3. The van der Waals surface area contributed by atoms with E-state index in [-0.39, 0.29) is 6.04 Å². The third-order valence-corrected chi connectivity index (χ3v) is 3.92. The molecule has 23 heavy (non-hydrogen) atoms. The van der Waals surface area contributed by atoms with Crippen LogP contribution in [0, 0.1) is 0 Å². The van der Waals surface area contributed by atoms with Gasteiger partial charge in [-0.25, -0.2) is 4.79 Å². The molecule has 0 bridgehead atoms. The van der Waals surface area contributed by atoms with Crippen molar-refractivity contribution in [3.63, 3.8) is 0 Å². The lowest BCUT2D eigenvalue weighted by Gasteiger charge is -2.21. The Labute approximate surface area is 139 Å². The Bertz CT molecular complexity index is 552. The van der Waals surface area contributed by atoms with E-state index >= 15 is 0 Å². The topological polar surface area (TPSA) is 67.6 Å². The molecule has 5 nitrogen and oxygen atoms in total. The summed E-state index contributed by atoms with van der Waals surface area (Å²) in [6, 6.07) is 6.46. The number of carbonyl (C=O) groups excluding carboxylic acids is 1. The van der Waals surface area contributed by atoms with Crippen molar-refractivity contribution in [3.8, 4) is 0 Å². The van der Waals surface area contributed by atoms with Gasteiger partial charge in [-0.1, -0.05) is 12.1 Å². The minimum Gasteiger partial charge on any atom is -0.444 e. The number of nitrogens with zero attached hydrogens (tertiary/aromatic N) is 1. The van der Waals surface area contributed by atoms with Gasteiger partial charge in [-0.05, 0) is 57.7 Å². The van der Waals surface area contributed by atoms with Crippen LogP contribution in [0.1, 0.15) is 38.8 Å². The number of anilines is 1. The van der Waals surface area contributed by atoms with Crippen molar-refractivity contribution in [2.75, 3.05) is 24.5 Å². The number of benzene rings is 1. The summed E-state index contributed by atoms with van der Waals surface area (Å²) in [5.74, 6) is 0. The second-order valence-corrected chi connectivity index (χ2v) is 7.14. The molecule has 0 saturated carbocycles. The number of hydrogen-bond acceptors (Lipinski definition) is 4. The van der Waals surface area contributed by atoms with Gasteiger partial charge in [-0.2, -0.15) is 0 Å². The SMILES string of the molecule is CCN1CCc2cc(CC(N)CNC(=O)OC(C)(C)C)ccc21. The lowest BCUT2D eigenvalue weighted by molar-refractivity contribution is 0.0524. The quantitative estimate of drug-likeness (QED) is 0.875. The second-order valence-electron chi connectivity index (χ2n) is 7.14. The average molecular weight is 319 g/mol. The molecular weight excluding hydrogens is 290 g/mol. The maximum atomic E-state index is 11.6. The van der Waals surface area contributed by atoms with Gasteiger partial charge in [0, 0.05) is 31.4 Å². The van der Waals surface area contributed by atoms with Gasteiger partial charge in [0.1, 0.15) is 5.60 Å². The predicted molar refractivity (Wildman–Crippen MR) is 93.9 cm³/mol. The van der Waals surface area contributed by atoms with E-state index in [0.717, 1.165) is 25.9 Å². The van der Waals surface area contributed by atoms with Gasteiger partial charge in [0.05, 0.1) is 0 Å². The summed E-state index contributed by atoms with van der Waals surface area (Å²) >= 11 is 0. The van der Waals surface area contributed by atoms with Crippen molar-refractivity contribution in [2.24, 2.45) is 5.73 Å². The first-order chi connectivity index (χ1) is 10.8. The van der Waals surface area contributed by atoms with Gasteiger partial charge in [-0.3, -0.25) is 0 Å². The normalized spacial score (nSPS) is 15.3. The molecule has 1 aromatic rings. The van der Waals surface area contributed by atoms with Crippen LogP contribution in [0.5, 0.6) is 0 Å². The molecule has 5 heteroatoms. The number of hydrogen-bond donors (Lipinski definition) is 2. The molecule has 1 aromatic carbocycles. The molecule has 0 aromatic heterocycles. The van der Waals surface area contributed by atoms with Gasteiger partial charge in [-0.15, -0.1) is 0 Å². The molecule has 0 fully saturated rings. The van der Waals surface area contributed by atoms with Crippen molar-refractivity contribution in [1.29, 1.82) is 0 Å². The third kappa shape index (κ3) is 5.13. The highest BCUT2D eigenvalue weighted by molar-refractivity contribution is 5.67. The van der Waals surface area contributed by atoms with Crippen LogP contribution in [-0.4, -0.2) is 37.4 Å². The summed E-state index contributed by atoms with van der Waals surface area (Å²) in [5, 5.41) is 2.73. The third-order valence-electron chi connectivity index (χ3n) is 3.92. The second kappa shape index (κ2) is 7.21. The zero-order valence-corrected chi connectivity index (χ0v) is 14.7. The van der Waals surface area contributed by atoms with Crippen LogP contribution in [0.2, 0.25) is 0 Å². The zero-order chi connectivity index (χ0) is 17.0. The van der Waals surface area contributed by atoms with Gasteiger partial charge in [0.25, 0.3) is 0 Å². The summed E-state index contributed by atoms with van der Waals surface area (Å²) in [7, 11) is 0. The van der Waals surface area contributed by atoms with Gasteiger partial charge < -0.3 is 20.7 Å². The molecule has 1 amide bonds. The number of amides is 1. The molecule has 1 heterocycles. The van der Waals surface area contributed by atoms with Crippen LogP contribution in [0.3, 0.4) is 0 Å². The van der Waals surface area contributed by atoms with E-state index in [9.17, 15) is 4.79 Å². The van der Waals surface area contributed by atoms with Crippen LogP contribution in [0.4, 0.5) is 10.5 Å². The van der Waals surface area contributed by atoms with Crippen LogP contribution in [0.25, 0.3) is 0 Å². The molecule has 0 aliphatic carbocycles. The van der Waals surface area contributed by atoms with Crippen LogP contribution >= 0.6 is 0 Å². The fourth-order valence-electron chi connectivity index (χ4n) is 2.88. The standard InChI is InChI=1S/C18H29N3O2/c1-5-21-9-8-14-10-13(6-7-16(14)21)11-15(19)12-20-17(22)23-18(2,3)4/h6-7,10,15H,5,8-9,11-12,19H2,1-4H3,(H,20,22). The largest absolute Gasteiger partial charge is 0.444 e. The highest BCUT2D eigenvalue weighted by atomic mass is 16.6. The number of fused-ring (bicyclic) bond motifs is 1. The van der Waals surface area contributed by atoms with Gasteiger partial charge in [0.2, 0.25) is 0 Å². The van der Waals surface area contributed by atoms with Crippen molar-refractivity contribution >= 4 is 11.8 Å². The summed E-state index contributed by atoms with van der Waals surface area (Å²) in [4.78, 5) is 14.0. The molecule has 1 atom stereocenters. The number of carbonyl (C=O) groups is 1. The number of nitrogens with two attached hydrogens (primary N) is 1. The summed E-state index contributed by atoms with van der Waals surface area (Å²) in [6.07, 6.45) is 1.43. The number of rotatable bonds is 5. The average Bonchev–Trinajstić information content (AvgIpc) is 2.85. The molecule has 2 rings (SSSR count). The molecule has 1 aliphatic rings. The Kier molecular flexibility index (Phi) is 5.52. The predicted octanol–water partition coefficient (Wildman–Crippen LogP) is 2.46. The van der Waals surface area contributed by atoms with E-state index in [4.69, 9.17) is 10.5 Å². The molecule has 1 unspecified atom stereocenters. The van der Waals surface area contributed by atoms with E-state index in [1.807, 2.05) is 20.8 Å². The lowest BCUT2D eigenvalue weighted by Crippen LogP contribution is -2.41. The minimum absolute atomic E-state index is 0.121.